The second kappa shape index (κ2) is 48.8. The Morgan fingerprint density at radius 1 is 0.789 bits per heavy atom. The molecule has 128 heavy (non-hydrogen) atoms. The summed E-state index contributed by atoms with van der Waals surface area (Å²) in [7, 11) is 9.53. The van der Waals surface area contributed by atoms with Crippen molar-refractivity contribution in [1.82, 2.24) is 36.5 Å². The fraction of sp³-hybridized carbons (Fsp3) is 0.605. The molecule has 9 rings (SSSR count). The minimum absolute atomic E-state index is 0.00941. The molecular weight excluding hydrogens is 1850 g/mol. The number of aliphatic hydroxyl groups is 5. The van der Waals surface area contributed by atoms with Gasteiger partial charge in [-0.1, -0.05) is 109 Å². The second-order valence-electron chi connectivity index (χ2n) is 31.7. The number of primary amides is 1. The summed E-state index contributed by atoms with van der Waals surface area (Å²) in [4.78, 5) is 142. The molecule has 7 aliphatic rings. The Bertz CT molecular complexity index is 4510. The number of nitrogens with two attached hydrogens (primary N) is 1. The molecule has 0 saturated carbocycles. The minimum Gasteiger partial charge on any atom is -0.492 e. The molecule has 0 radical (unpaired) electrons. The van der Waals surface area contributed by atoms with Gasteiger partial charge in [0.25, 0.3) is 11.8 Å². The van der Waals surface area contributed by atoms with E-state index in [-0.39, 0.29) is 116 Å². The number of carbonyl (C=O) groups excluding carboxylic acids is 10. The molecule has 9 amide bonds. The number of benzene rings is 2. The van der Waals surface area contributed by atoms with Crippen LogP contribution in [0.25, 0.3) is 0 Å². The number of nitrogens with one attached hydrogen (secondary N) is 6. The van der Waals surface area contributed by atoms with Crippen LogP contribution in [0, 0.1) is 40.1 Å². The number of ether oxygens (including phenoxy) is 13. The summed E-state index contributed by atoms with van der Waals surface area (Å²) in [5, 5.41) is 71.3. The first kappa shape index (κ1) is 104. The van der Waals surface area contributed by atoms with Gasteiger partial charge in [0.2, 0.25) is 34.9 Å². The standard InChI is InChI=1S/C86H116IN9O29S3/c1-15-95(85(110)118-41-49-27-29-50(30-28-49)90-78(105)52(24-23-35-89-83(88)108)91-79(106)66(43(2)3)92-58(99)26-20-18-22-36-96-59(100)31-32-60(96)101)53-42-117-61(39-57(53)112-10)123-75-70(103)67(46(7)120-82(75)122-56-25-19-16-17-21-34-86(111)40-55(98)68(93-84(109)116-14)64(56)51(86)33-37-126-128-44(4)5)94-125-62-38-54(97)77(48(9)119-62)127-80(107)63-45(6)65(87)73(76(115-13)72(63)113-11)124-81-71(104)74(114-12)69(102)47(8)121-81/h16-17,27-33,43-44,46-48,52-54,56-57,61-62,66-67,69-71,74-75,77,81-82,94,97,102-104,111H,15,18,20,22-24,26,35-42H2,1-14H3,(H,90,105)(H,91,106)(H,92,99)(H,93,109)(H3,88,89,108)/b17-16-,51-33+/t46-,47+,48-,52+,53+,54+,56+,57+,61+,62+,66+,67-,69+,70+,71-,74-,75-,77-,81+,82+,86+/m1/s1. The first-order chi connectivity index (χ1) is 61.0. The number of hydrogen-bond donors (Lipinski definition) is 12. The second-order valence-corrected chi connectivity index (χ2v) is 36.9. The van der Waals surface area contributed by atoms with Crippen molar-refractivity contribution in [3.8, 4) is 40.9 Å². The van der Waals surface area contributed by atoms with Crippen LogP contribution in [0.1, 0.15) is 135 Å². The highest BCUT2D eigenvalue weighted by atomic mass is 127. The Labute approximate surface area is 768 Å². The number of anilines is 1. The summed E-state index contributed by atoms with van der Waals surface area (Å²) < 4.78 is 79.6. The zero-order valence-electron chi connectivity index (χ0n) is 73.6. The molecular formula is C86H116IN9O29S3. The summed E-state index contributed by atoms with van der Waals surface area (Å²) in [6.07, 6.45) is -13.3. The summed E-state index contributed by atoms with van der Waals surface area (Å²) in [5.74, 6) is 8.16. The lowest BCUT2D eigenvalue weighted by Crippen LogP contribution is -2.65. The molecule has 2 aliphatic carbocycles. The van der Waals surface area contributed by atoms with Gasteiger partial charge in [-0.2, -0.15) is 5.48 Å². The SMILES string of the molecule is CCN(C(=O)OCc1ccc(NC(=O)[C@H](CCCNC(N)=O)NC(=O)[C@@H](NC(=O)CCCCCN2C(=O)C=CC2=O)C(C)C)cc1)[C@H]1CO[C@@H](O[C@H]2[C@H](O[C@H]3C#C/C=C\C#C[C@]4(O)CC(=O)C(NC(=O)OC)=C3/C4=C\CSSC(C)C)O[C@H](C)[C@@H](NO[C@H]3C[C@H](O)[C@H](SC(=O)c4c(C)c(I)c(O[C@@H]5O[C@@H](C)[C@H](O)[C@@H](OC)[C@H]5O)c(OC)c4OC)[C@@H](C)O3)[C@@H]2O)C[C@@H]1OC. The summed E-state index contributed by atoms with van der Waals surface area (Å²) in [5.41, 5.74) is 6.92. The van der Waals surface area contributed by atoms with E-state index < -0.39 is 198 Å². The normalized spacial score (nSPS) is 28.5. The number of carbonyl (C=O) groups is 10. The number of Topliss-reactive ketones (excluding diaryl/α,β-unsaturated/α-hetero) is 1. The van der Waals surface area contributed by atoms with Crippen molar-refractivity contribution in [2.45, 2.75) is 259 Å². The highest BCUT2D eigenvalue weighted by Crippen LogP contribution is 2.49. The zero-order valence-corrected chi connectivity index (χ0v) is 78.2. The average molecular weight is 1960 g/mol. The van der Waals surface area contributed by atoms with E-state index in [9.17, 15) is 73.5 Å². The number of hydrogen-bond acceptors (Lipinski definition) is 33. The van der Waals surface area contributed by atoms with E-state index in [1.165, 1.54) is 68.4 Å². The average Bonchev–Trinajstić information content (AvgIpc) is 0.795. The van der Waals surface area contributed by atoms with Gasteiger partial charge in [0, 0.05) is 93.1 Å². The number of fused-ring (bicyclic) bond motifs is 2. The number of imide groups is 1. The maximum absolute atomic E-state index is 14.7. The highest BCUT2D eigenvalue weighted by Gasteiger charge is 2.53. The van der Waals surface area contributed by atoms with Gasteiger partial charge in [-0.05, 0) is 124 Å². The summed E-state index contributed by atoms with van der Waals surface area (Å²) in [6, 6.07) is 1.30. The lowest BCUT2D eigenvalue weighted by Gasteiger charge is -2.47. The van der Waals surface area contributed by atoms with Crippen LogP contribution in [0.3, 0.4) is 0 Å². The molecule has 0 unspecified atom stereocenters. The molecule has 4 fully saturated rings. The van der Waals surface area contributed by atoms with Crippen molar-refractivity contribution < 1.29 is 140 Å². The smallest absolute Gasteiger partial charge is 0.411 e. The first-order valence-corrected chi connectivity index (χ1v) is 46.3. The third-order valence-electron chi connectivity index (χ3n) is 22.0. The van der Waals surface area contributed by atoms with Gasteiger partial charge >= 0.3 is 18.2 Å². The third kappa shape index (κ3) is 26.8. The fourth-order valence-corrected chi connectivity index (χ4v) is 18.9. The van der Waals surface area contributed by atoms with E-state index in [4.69, 9.17) is 72.2 Å². The molecule has 38 nitrogen and oxygen atoms in total. The van der Waals surface area contributed by atoms with Gasteiger partial charge in [0.1, 0.15) is 55.3 Å². The number of thioether (sulfide) groups is 1. The molecule has 13 N–H and O–H groups in total. The van der Waals surface area contributed by atoms with Crippen LogP contribution in [0.5, 0.6) is 17.2 Å². The Hall–Kier alpha value is -8.20. The number of rotatable bonds is 40. The largest absolute Gasteiger partial charge is 0.492 e. The van der Waals surface area contributed by atoms with Crippen molar-refractivity contribution in [2.24, 2.45) is 11.7 Å². The summed E-state index contributed by atoms with van der Waals surface area (Å²) >= 11 is 2.75. The Morgan fingerprint density at radius 2 is 1.49 bits per heavy atom. The van der Waals surface area contributed by atoms with Crippen LogP contribution in [-0.4, -0.2) is 294 Å². The van der Waals surface area contributed by atoms with E-state index in [0.717, 1.165) is 23.8 Å². The Kier molecular flexibility index (Phi) is 39.5. The van der Waals surface area contributed by atoms with Gasteiger partial charge in [-0.3, -0.25) is 48.6 Å². The van der Waals surface area contributed by atoms with E-state index in [0.29, 0.717) is 39.6 Å². The van der Waals surface area contributed by atoms with Crippen molar-refractivity contribution in [3.63, 3.8) is 0 Å². The molecule has 21 atom stereocenters. The van der Waals surface area contributed by atoms with E-state index in [2.05, 4.69) is 55.7 Å². The molecule has 42 heteroatoms. The number of nitrogens with zero attached hydrogens (tertiary/aromatic N) is 2. The monoisotopic (exact) mass is 1960 g/mol. The number of halogens is 1. The van der Waals surface area contributed by atoms with Crippen molar-refractivity contribution >= 4 is 120 Å². The van der Waals surface area contributed by atoms with Crippen LogP contribution in [-0.2, 0) is 87.6 Å². The van der Waals surface area contributed by atoms with E-state index in [1.807, 2.05) is 36.4 Å². The maximum Gasteiger partial charge on any atom is 0.411 e. The Balaban J connectivity index is 0.895. The molecule has 2 aromatic rings. The number of hydroxylamine groups is 1. The third-order valence-corrected chi connectivity index (χ3v) is 27.5. The van der Waals surface area contributed by atoms with Crippen LogP contribution < -0.4 is 52.0 Å². The molecule has 704 valence electrons. The number of aliphatic hydroxyl groups excluding tert-OH is 4. The predicted octanol–water partition coefficient (Wildman–Crippen LogP) is 4.87. The molecule has 2 bridgehead atoms. The van der Waals surface area contributed by atoms with Crippen LogP contribution >= 0.6 is 55.9 Å². The number of methoxy groups -OCH3 is 5. The highest BCUT2D eigenvalue weighted by molar-refractivity contribution is 14.1. The van der Waals surface area contributed by atoms with Crippen LogP contribution in [0.15, 0.2) is 71.5 Å². The first-order valence-electron chi connectivity index (χ1n) is 41.9. The zero-order chi connectivity index (χ0) is 93.5. The number of urea groups is 1. The molecule has 5 aliphatic heterocycles. The predicted molar refractivity (Wildman–Crippen MR) is 475 cm³/mol. The summed E-state index contributed by atoms with van der Waals surface area (Å²) in [6.45, 7) is 15.6. The van der Waals surface area contributed by atoms with Gasteiger partial charge in [0.05, 0.1) is 97.0 Å². The topological polar surface area (TPSA) is 506 Å². The molecule has 0 aromatic heterocycles. The lowest BCUT2D eigenvalue weighted by atomic mass is 9.75. The van der Waals surface area contributed by atoms with Crippen molar-refractivity contribution in [2.75, 3.05) is 72.9 Å². The number of ketones is 1. The molecule has 5 heterocycles. The van der Waals surface area contributed by atoms with Gasteiger partial charge in [0.15, 0.2) is 41.8 Å². The minimum atomic E-state index is -2.17. The molecule has 0 spiro atoms. The fourth-order valence-electron chi connectivity index (χ4n) is 15.3. The lowest BCUT2D eigenvalue weighted by molar-refractivity contribution is -0.337. The molecule has 4 saturated heterocycles. The molecule has 2 aromatic carbocycles. The van der Waals surface area contributed by atoms with Gasteiger partial charge in [-0.25, -0.2) is 14.4 Å². The number of unbranched alkanes of at least 4 members (excludes halogenated alkanes) is 2. The Morgan fingerprint density at radius 3 is 2.14 bits per heavy atom. The number of allylic oxidation sites excluding steroid dienone is 3. The quantitative estimate of drug-likeness (QED) is 0.0106. The van der Waals surface area contributed by atoms with E-state index >= 15 is 0 Å². The number of alkyl carbamates (subject to hydrolysis) is 1. The van der Waals surface area contributed by atoms with Crippen LogP contribution in [0.2, 0.25) is 0 Å². The number of likely N-dealkylation sites (N-methyl/N-ethyl adjacent to an activating group) is 1. The van der Waals surface area contributed by atoms with Crippen molar-refractivity contribution in [3.05, 3.63) is 91.7 Å². The number of amides is 9. The van der Waals surface area contributed by atoms with Crippen molar-refractivity contribution in [1.29, 1.82) is 0 Å². The van der Waals surface area contributed by atoms with Crippen LogP contribution in [0.4, 0.5) is 20.1 Å². The van der Waals surface area contributed by atoms with E-state index in [1.54, 1.807) is 89.6 Å². The van der Waals surface area contributed by atoms with Gasteiger partial charge < -0.3 is 119 Å². The maximum atomic E-state index is 14.7. The van der Waals surface area contributed by atoms with Gasteiger partial charge in [-0.15, -0.1) is 0 Å².